The molecule has 0 unspecified atom stereocenters. The van der Waals surface area contributed by atoms with Crippen molar-refractivity contribution in [1.82, 2.24) is 29.9 Å². The summed E-state index contributed by atoms with van der Waals surface area (Å²) < 4.78 is 0. The van der Waals surface area contributed by atoms with Gasteiger partial charge in [0.05, 0.1) is 8.07 Å². The lowest BCUT2D eigenvalue weighted by atomic mass is 9.86. The number of benzene rings is 5. The van der Waals surface area contributed by atoms with Crippen molar-refractivity contribution in [3.8, 4) is 33.9 Å². The third-order valence-corrected chi connectivity index (χ3v) is 11.4. The lowest BCUT2D eigenvalue weighted by Crippen LogP contribution is -2.37. The lowest BCUT2D eigenvalue weighted by molar-refractivity contribution is 0.399. The summed E-state index contributed by atoms with van der Waals surface area (Å²) in [5.41, 5.74) is 4.60. The van der Waals surface area contributed by atoms with Crippen LogP contribution in [0.1, 0.15) is 64.8 Å². The van der Waals surface area contributed by atoms with E-state index in [1.807, 2.05) is 13.8 Å². The van der Waals surface area contributed by atoms with Crippen LogP contribution in [0.3, 0.4) is 0 Å². The van der Waals surface area contributed by atoms with Crippen LogP contribution in [-0.4, -0.2) is 38.0 Å². The second-order valence-electron chi connectivity index (χ2n) is 17.4. The summed E-state index contributed by atoms with van der Waals surface area (Å²) in [5.74, 6) is 4.57. The smallest absolute Gasteiger partial charge is 0.163 e. The van der Waals surface area contributed by atoms with Crippen molar-refractivity contribution in [1.29, 1.82) is 0 Å². The highest BCUT2D eigenvalue weighted by Crippen LogP contribution is 2.45. The SMILES string of the molecule is Cc1nc(CC(C)(C)C)nc(-c2ccc3cc(-c4ccc([Si](C)(C)C)cc4)c4ccc(-c5nc(C)nc(CC(C)(C)C)n5)c5ccc2c3c45)n1. The van der Waals surface area contributed by atoms with Gasteiger partial charge in [0.1, 0.15) is 23.3 Å². The highest BCUT2D eigenvalue weighted by atomic mass is 28.3. The Labute approximate surface area is 297 Å². The first-order chi connectivity index (χ1) is 23.4. The highest BCUT2D eigenvalue weighted by molar-refractivity contribution is 6.88. The van der Waals surface area contributed by atoms with Crippen LogP contribution in [0, 0.1) is 24.7 Å². The zero-order valence-electron chi connectivity index (χ0n) is 31.4. The van der Waals surface area contributed by atoms with Crippen molar-refractivity contribution in [3.63, 3.8) is 0 Å². The molecule has 7 rings (SSSR count). The quantitative estimate of drug-likeness (QED) is 0.129. The monoisotopic (exact) mass is 676 g/mol. The minimum absolute atomic E-state index is 0.0597. The molecule has 50 heavy (non-hydrogen) atoms. The van der Waals surface area contributed by atoms with E-state index in [4.69, 9.17) is 29.9 Å². The summed E-state index contributed by atoms with van der Waals surface area (Å²) in [6.45, 7) is 24.4. The molecule has 7 heteroatoms. The molecule has 0 radical (unpaired) electrons. The maximum atomic E-state index is 5.05. The minimum atomic E-state index is -1.44. The summed E-state index contributed by atoms with van der Waals surface area (Å²) in [4.78, 5) is 29.3. The van der Waals surface area contributed by atoms with Gasteiger partial charge in [0.2, 0.25) is 0 Å². The summed E-state index contributed by atoms with van der Waals surface area (Å²) in [5, 5.41) is 8.52. The van der Waals surface area contributed by atoms with Gasteiger partial charge in [-0.2, -0.15) is 0 Å². The molecule has 0 bridgehead atoms. The number of aryl methyl sites for hydroxylation is 2. The molecule has 0 spiro atoms. The molecule has 254 valence electrons. The van der Waals surface area contributed by atoms with Crippen LogP contribution in [0.5, 0.6) is 0 Å². The molecule has 7 aromatic rings. The fraction of sp³-hybridized carbons (Fsp3) is 0.349. The molecular weight excluding hydrogens is 629 g/mol. The summed E-state index contributed by atoms with van der Waals surface area (Å²) in [7, 11) is -1.44. The van der Waals surface area contributed by atoms with E-state index in [-0.39, 0.29) is 10.8 Å². The van der Waals surface area contributed by atoms with Crippen molar-refractivity contribution < 1.29 is 0 Å². The average molecular weight is 677 g/mol. The molecule has 2 heterocycles. The van der Waals surface area contributed by atoms with E-state index in [1.165, 1.54) is 37.9 Å². The van der Waals surface area contributed by atoms with Crippen LogP contribution in [0.25, 0.3) is 66.2 Å². The number of aromatic nitrogens is 6. The van der Waals surface area contributed by atoms with E-state index in [9.17, 15) is 0 Å². The predicted molar refractivity (Wildman–Crippen MR) is 212 cm³/mol. The first kappa shape index (κ1) is 33.9. The Morgan fingerprint density at radius 2 is 0.960 bits per heavy atom. The zero-order valence-corrected chi connectivity index (χ0v) is 32.4. The van der Waals surface area contributed by atoms with Crippen molar-refractivity contribution in [2.75, 3.05) is 0 Å². The first-order valence-electron chi connectivity index (χ1n) is 17.7. The largest absolute Gasteiger partial charge is 0.218 e. The first-order valence-corrected chi connectivity index (χ1v) is 21.2. The van der Waals surface area contributed by atoms with Crippen molar-refractivity contribution in [2.45, 2.75) is 87.9 Å². The number of hydrogen-bond donors (Lipinski definition) is 0. The van der Waals surface area contributed by atoms with E-state index >= 15 is 0 Å². The molecule has 0 fully saturated rings. The number of hydrogen-bond acceptors (Lipinski definition) is 6. The lowest BCUT2D eigenvalue weighted by Gasteiger charge is -2.20. The van der Waals surface area contributed by atoms with Crippen LogP contribution >= 0.6 is 0 Å². The Bertz CT molecular complexity index is 2390. The zero-order chi connectivity index (χ0) is 35.7. The number of rotatable bonds is 6. The van der Waals surface area contributed by atoms with Gasteiger partial charge >= 0.3 is 0 Å². The van der Waals surface area contributed by atoms with E-state index < -0.39 is 8.07 Å². The molecule has 0 saturated carbocycles. The van der Waals surface area contributed by atoms with Crippen LogP contribution in [-0.2, 0) is 12.8 Å². The average Bonchev–Trinajstić information content (AvgIpc) is 3.00. The maximum absolute atomic E-state index is 5.05. The molecular formula is C43H48N6Si. The third kappa shape index (κ3) is 6.63. The van der Waals surface area contributed by atoms with Gasteiger partial charge in [0, 0.05) is 24.0 Å². The molecule has 0 aliphatic carbocycles. The highest BCUT2D eigenvalue weighted by Gasteiger charge is 2.23. The third-order valence-electron chi connectivity index (χ3n) is 9.29. The van der Waals surface area contributed by atoms with Gasteiger partial charge in [-0.25, -0.2) is 29.9 Å². The fourth-order valence-corrected chi connectivity index (χ4v) is 8.26. The van der Waals surface area contributed by atoms with Gasteiger partial charge in [0.15, 0.2) is 11.6 Å². The minimum Gasteiger partial charge on any atom is -0.218 e. The molecule has 0 aliphatic heterocycles. The van der Waals surface area contributed by atoms with Gasteiger partial charge in [-0.05, 0) is 86.3 Å². The Morgan fingerprint density at radius 3 is 1.46 bits per heavy atom. The second kappa shape index (κ2) is 12.0. The number of nitrogens with zero attached hydrogens (tertiary/aromatic N) is 6. The van der Waals surface area contributed by atoms with Crippen molar-refractivity contribution in [2.24, 2.45) is 10.8 Å². The van der Waals surface area contributed by atoms with Gasteiger partial charge < -0.3 is 0 Å². The molecule has 6 nitrogen and oxygen atoms in total. The van der Waals surface area contributed by atoms with Gasteiger partial charge in [-0.3, -0.25) is 0 Å². The predicted octanol–water partition coefficient (Wildman–Crippen LogP) is 10.3. The Morgan fingerprint density at radius 1 is 0.500 bits per heavy atom. The normalized spacial score (nSPS) is 12.9. The molecule has 2 aromatic heterocycles. The molecule has 0 N–H and O–H groups in total. The van der Waals surface area contributed by atoms with E-state index in [1.54, 1.807) is 0 Å². The second-order valence-corrected chi connectivity index (χ2v) is 22.5. The van der Waals surface area contributed by atoms with Crippen LogP contribution in [0.4, 0.5) is 0 Å². The fourth-order valence-electron chi connectivity index (χ4n) is 7.10. The van der Waals surface area contributed by atoms with E-state index in [0.717, 1.165) is 69.7 Å². The summed E-state index contributed by atoms with van der Waals surface area (Å²) in [6.07, 6.45) is 1.56. The Balaban J connectivity index is 1.52. The van der Waals surface area contributed by atoms with Gasteiger partial charge in [0.25, 0.3) is 0 Å². The van der Waals surface area contributed by atoms with E-state index in [0.29, 0.717) is 0 Å². The summed E-state index contributed by atoms with van der Waals surface area (Å²) in [6, 6.07) is 25.0. The van der Waals surface area contributed by atoms with Crippen molar-refractivity contribution >= 4 is 45.6 Å². The summed E-state index contributed by atoms with van der Waals surface area (Å²) >= 11 is 0. The van der Waals surface area contributed by atoms with Crippen molar-refractivity contribution in [3.05, 3.63) is 90.0 Å². The Kier molecular flexibility index (Phi) is 8.13. The van der Waals surface area contributed by atoms with Gasteiger partial charge in [-0.1, -0.05) is 115 Å². The molecule has 0 amide bonds. The van der Waals surface area contributed by atoms with Gasteiger partial charge in [-0.15, -0.1) is 0 Å². The topological polar surface area (TPSA) is 77.3 Å². The van der Waals surface area contributed by atoms with Crippen LogP contribution in [0.15, 0.2) is 66.7 Å². The molecule has 0 aliphatic rings. The van der Waals surface area contributed by atoms with Crippen LogP contribution in [0.2, 0.25) is 19.6 Å². The molecule has 0 atom stereocenters. The Hall–Kier alpha value is -4.62. The standard InChI is InChI=1S/C43H48N6Si/c1-25-44-36(23-42(3,4)5)48-40(46-25)33-17-14-28-22-35(27-12-15-29(16-13-27)50(9,10)11)32-20-21-34(31-19-18-30(33)38(28)39(31)32)41-47-26(2)45-37(49-41)24-43(6,7)8/h12-22H,23-24H2,1-11H3. The maximum Gasteiger partial charge on any atom is 0.163 e. The molecule has 0 saturated heterocycles. The van der Waals surface area contributed by atoms with Crippen LogP contribution < -0.4 is 5.19 Å². The van der Waals surface area contributed by atoms with E-state index in [2.05, 4.69) is 128 Å². The molecule has 5 aromatic carbocycles.